The zero-order chi connectivity index (χ0) is 11.6. The van der Waals surface area contributed by atoms with Gasteiger partial charge in [-0.3, -0.25) is 0 Å². The van der Waals surface area contributed by atoms with Crippen LogP contribution < -0.4 is 0 Å². The molecule has 86 valence electrons. The van der Waals surface area contributed by atoms with E-state index in [0.717, 1.165) is 4.74 Å². The summed E-state index contributed by atoms with van der Waals surface area (Å²) in [5.41, 5.74) is 0.593. The van der Waals surface area contributed by atoms with Crippen LogP contribution in [0.25, 0.3) is 0 Å². The molecule has 1 aliphatic rings. The van der Waals surface area contributed by atoms with Crippen LogP contribution in [0.4, 0.5) is 5.69 Å². The maximum absolute atomic E-state index is 11.7. The van der Waals surface area contributed by atoms with Gasteiger partial charge in [-0.2, -0.15) is 4.74 Å². The van der Waals surface area contributed by atoms with E-state index >= 15 is 0 Å². The van der Waals surface area contributed by atoms with E-state index in [1.807, 2.05) is 32.0 Å². The Balaban J connectivity index is 2.08. The smallest absolute Gasteiger partial charge is 0.216 e. The van der Waals surface area contributed by atoms with Gasteiger partial charge in [0.1, 0.15) is 0 Å². The molecular formula is C12H15NO3. The van der Waals surface area contributed by atoms with Crippen molar-refractivity contribution >= 4 is 11.9 Å². The minimum atomic E-state index is -0.599. The van der Waals surface area contributed by atoms with Gasteiger partial charge in [0, 0.05) is 12.1 Å². The molecule has 16 heavy (non-hydrogen) atoms. The van der Waals surface area contributed by atoms with Crippen molar-refractivity contribution in [2.24, 2.45) is 0 Å². The van der Waals surface area contributed by atoms with Gasteiger partial charge in [0.25, 0.3) is 0 Å². The van der Waals surface area contributed by atoms with Crippen LogP contribution in [0.15, 0.2) is 30.3 Å². The third-order valence-electron chi connectivity index (χ3n) is 2.34. The highest BCUT2D eigenvalue weighted by atomic mass is 16.7. The molecule has 1 fully saturated rings. The summed E-state index contributed by atoms with van der Waals surface area (Å²) < 4.78 is 11.7. The van der Waals surface area contributed by atoms with Crippen molar-refractivity contribution in [3.05, 3.63) is 35.5 Å². The summed E-state index contributed by atoms with van der Waals surface area (Å²) in [5.74, 6) is -0.599. The fraction of sp³-hybridized carbons (Fsp3) is 0.417. The Morgan fingerprint density at radius 2 is 2.06 bits per heavy atom. The van der Waals surface area contributed by atoms with Gasteiger partial charge in [-0.1, -0.05) is 18.2 Å². The first-order chi connectivity index (χ1) is 7.57. The maximum atomic E-state index is 11.7. The minimum Gasteiger partial charge on any atom is -0.618 e. The Morgan fingerprint density at radius 3 is 2.62 bits per heavy atom. The highest BCUT2D eigenvalue weighted by Gasteiger charge is 2.33. The number of para-hydroxylation sites is 1. The largest absolute Gasteiger partial charge is 0.618 e. The average Bonchev–Trinajstić information content (AvgIpc) is 2.59. The summed E-state index contributed by atoms with van der Waals surface area (Å²) in [6, 6.07) is 9.03. The van der Waals surface area contributed by atoms with Crippen molar-refractivity contribution in [1.82, 2.24) is 0 Å². The summed E-state index contributed by atoms with van der Waals surface area (Å²) >= 11 is 0. The monoisotopic (exact) mass is 221 g/mol. The van der Waals surface area contributed by atoms with Crippen LogP contribution in [-0.2, 0) is 9.47 Å². The van der Waals surface area contributed by atoms with Crippen molar-refractivity contribution in [3.63, 3.8) is 0 Å². The first-order valence-corrected chi connectivity index (χ1v) is 5.25. The second kappa shape index (κ2) is 4.23. The average molecular weight is 221 g/mol. The molecule has 0 radical (unpaired) electrons. The van der Waals surface area contributed by atoms with Gasteiger partial charge in [0.15, 0.2) is 18.1 Å². The molecule has 0 aliphatic carbocycles. The number of ether oxygens (including phenoxy) is 2. The minimum absolute atomic E-state index is 0.285. The maximum Gasteiger partial charge on any atom is 0.216 e. The zero-order valence-corrected chi connectivity index (χ0v) is 9.42. The SMILES string of the molecule is CC1(C)OC[C@H](/C=[N+](\[O-])c2ccccc2)O1. The Hall–Kier alpha value is -1.39. The van der Waals surface area contributed by atoms with Crippen molar-refractivity contribution in [2.75, 3.05) is 6.61 Å². The van der Waals surface area contributed by atoms with Gasteiger partial charge < -0.3 is 14.7 Å². The van der Waals surface area contributed by atoms with Gasteiger partial charge in [0.05, 0.1) is 6.61 Å². The van der Waals surface area contributed by atoms with E-state index in [1.165, 1.54) is 6.21 Å². The molecule has 4 nitrogen and oxygen atoms in total. The highest BCUT2D eigenvalue weighted by Crippen LogP contribution is 2.21. The zero-order valence-electron chi connectivity index (χ0n) is 9.42. The van der Waals surface area contributed by atoms with E-state index in [9.17, 15) is 5.21 Å². The molecule has 1 atom stereocenters. The molecule has 0 unspecified atom stereocenters. The van der Waals surface area contributed by atoms with Gasteiger partial charge in [-0.25, -0.2) is 0 Å². The van der Waals surface area contributed by atoms with Crippen molar-refractivity contribution in [1.29, 1.82) is 0 Å². The molecule has 0 bridgehead atoms. The highest BCUT2D eigenvalue weighted by molar-refractivity contribution is 5.60. The van der Waals surface area contributed by atoms with Crippen LogP contribution in [0.1, 0.15) is 13.8 Å². The second-order valence-electron chi connectivity index (χ2n) is 4.18. The predicted molar refractivity (Wildman–Crippen MR) is 60.7 cm³/mol. The number of nitrogens with zero attached hydrogens (tertiary/aromatic N) is 1. The predicted octanol–water partition coefficient (Wildman–Crippen LogP) is 2.05. The van der Waals surface area contributed by atoms with Gasteiger partial charge >= 0.3 is 0 Å². The van der Waals surface area contributed by atoms with Gasteiger partial charge in [0.2, 0.25) is 5.69 Å². The molecule has 0 spiro atoms. The Bertz CT molecular complexity index is 387. The summed E-state index contributed by atoms with van der Waals surface area (Å²) in [5, 5.41) is 11.7. The van der Waals surface area contributed by atoms with E-state index in [4.69, 9.17) is 9.47 Å². The Labute approximate surface area is 94.7 Å². The van der Waals surface area contributed by atoms with Crippen LogP contribution in [0.3, 0.4) is 0 Å². The lowest BCUT2D eigenvalue weighted by Gasteiger charge is -2.15. The lowest BCUT2D eigenvalue weighted by Crippen LogP contribution is -2.23. The van der Waals surface area contributed by atoms with Gasteiger partial charge in [-0.15, -0.1) is 0 Å². The number of hydrogen-bond acceptors (Lipinski definition) is 3. The summed E-state index contributed by atoms with van der Waals surface area (Å²) in [6.45, 7) is 4.08. The third-order valence-corrected chi connectivity index (χ3v) is 2.34. The van der Waals surface area contributed by atoms with Crippen LogP contribution in [0.2, 0.25) is 0 Å². The second-order valence-corrected chi connectivity index (χ2v) is 4.18. The molecule has 0 saturated carbocycles. The normalized spacial score (nSPS) is 24.6. The molecular weight excluding hydrogens is 206 g/mol. The van der Waals surface area contributed by atoms with E-state index in [-0.39, 0.29) is 6.10 Å². The first-order valence-electron chi connectivity index (χ1n) is 5.25. The van der Waals surface area contributed by atoms with Crippen molar-refractivity contribution < 1.29 is 14.2 Å². The van der Waals surface area contributed by atoms with Crippen molar-refractivity contribution in [2.45, 2.75) is 25.7 Å². The van der Waals surface area contributed by atoms with E-state index in [2.05, 4.69) is 0 Å². The molecule has 2 rings (SSSR count). The number of rotatable bonds is 2. The van der Waals surface area contributed by atoms with E-state index < -0.39 is 5.79 Å². The molecule has 1 aromatic carbocycles. The van der Waals surface area contributed by atoms with Crippen LogP contribution in [0, 0.1) is 5.21 Å². The van der Waals surface area contributed by atoms with E-state index in [1.54, 1.807) is 12.1 Å². The summed E-state index contributed by atoms with van der Waals surface area (Å²) in [4.78, 5) is 0. The molecule has 1 heterocycles. The third kappa shape index (κ3) is 2.59. The Kier molecular flexibility index (Phi) is 2.94. The van der Waals surface area contributed by atoms with Crippen LogP contribution in [0.5, 0.6) is 0 Å². The van der Waals surface area contributed by atoms with Crippen LogP contribution >= 0.6 is 0 Å². The molecule has 0 aromatic heterocycles. The molecule has 4 heteroatoms. The summed E-state index contributed by atoms with van der Waals surface area (Å²) in [6.07, 6.45) is 1.21. The molecule has 1 aromatic rings. The molecule has 0 amide bonds. The summed E-state index contributed by atoms with van der Waals surface area (Å²) in [7, 11) is 0. The van der Waals surface area contributed by atoms with Crippen LogP contribution in [-0.4, -0.2) is 29.5 Å². The molecule has 1 saturated heterocycles. The number of hydrogen-bond donors (Lipinski definition) is 0. The topological polar surface area (TPSA) is 44.5 Å². The lowest BCUT2D eigenvalue weighted by molar-refractivity contribution is -0.359. The molecule has 0 N–H and O–H groups in total. The number of benzene rings is 1. The lowest BCUT2D eigenvalue weighted by atomic mass is 10.3. The fourth-order valence-electron chi connectivity index (χ4n) is 1.60. The molecule has 1 aliphatic heterocycles. The first kappa shape index (κ1) is 11.1. The quantitative estimate of drug-likeness (QED) is 0.332. The van der Waals surface area contributed by atoms with Crippen molar-refractivity contribution in [3.8, 4) is 0 Å². The Morgan fingerprint density at radius 1 is 1.38 bits per heavy atom. The fourth-order valence-corrected chi connectivity index (χ4v) is 1.60. The standard InChI is InChI=1S/C12H15NO3/c1-12(2)15-9-11(16-12)8-13(14)10-6-4-3-5-7-10/h3-8,11H,9H2,1-2H3/b13-8-/t11-/m0/s1. The van der Waals surface area contributed by atoms with E-state index in [0.29, 0.717) is 12.3 Å². The van der Waals surface area contributed by atoms with Gasteiger partial charge in [-0.05, 0) is 13.8 Å².